The molecule has 0 saturated carbocycles. The molecule has 0 saturated heterocycles. The molecule has 2 aromatic rings. The molecular weight excluding hydrogens is 356 g/mol. The van der Waals surface area contributed by atoms with E-state index in [1.807, 2.05) is 0 Å². The third-order valence-electron chi connectivity index (χ3n) is 2.14. The fraction of sp³-hybridized carbons (Fsp3) is 0. The van der Waals surface area contributed by atoms with E-state index in [1.54, 1.807) is 0 Å². The maximum Gasteiger partial charge on any atom is 0.263 e. The Morgan fingerprint density at radius 3 is 2.58 bits per heavy atom. The fourth-order valence-electron chi connectivity index (χ4n) is 1.25. The molecule has 0 aliphatic heterocycles. The van der Waals surface area contributed by atoms with Crippen LogP contribution in [0.2, 0.25) is 5.02 Å². The van der Waals surface area contributed by atoms with Crippen molar-refractivity contribution < 1.29 is 8.42 Å². The van der Waals surface area contributed by atoms with Crippen molar-refractivity contribution in [3.63, 3.8) is 0 Å². The lowest BCUT2D eigenvalue weighted by Crippen LogP contribution is -2.14. The molecular formula is C10H8BrClN4O2S. The monoisotopic (exact) mass is 362 g/mol. The van der Waals surface area contributed by atoms with Gasteiger partial charge in [-0.2, -0.15) is 0 Å². The van der Waals surface area contributed by atoms with Crippen molar-refractivity contribution in [1.82, 2.24) is 9.97 Å². The predicted molar refractivity (Wildman–Crippen MR) is 76.4 cm³/mol. The summed E-state index contributed by atoms with van der Waals surface area (Å²) < 4.78 is 26.9. The topological polar surface area (TPSA) is 98.0 Å². The molecule has 1 heterocycles. The zero-order chi connectivity index (χ0) is 14.0. The summed E-state index contributed by atoms with van der Waals surface area (Å²) in [5.41, 5.74) is 5.76. The standard InChI is InChI=1S/C10H8BrClN4O2S/c11-9-4-15-10(5-14-9)16-19(17,18)6-1-2-7(12)8(13)3-6/h1-5H,13H2,(H,15,16). The van der Waals surface area contributed by atoms with Gasteiger partial charge in [-0.1, -0.05) is 11.6 Å². The molecule has 0 aliphatic rings. The summed E-state index contributed by atoms with van der Waals surface area (Å²) in [5.74, 6) is 0.108. The summed E-state index contributed by atoms with van der Waals surface area (Å²) in [6.07, 6.45) is 2.68. The Balaban J connectivity index is 2.32. The highest BCUT2D eigenvalue weighted by molar-refractivity contribution is 9.10. The summed E-state index contributed by atoms with van der Waals surface area (Å²) in [7, 11) is -3.77. The molecule has 1 aromatic carbocycles. The van der Waals surface area contributed by atoms with Gasteiger partial charge in [-0.3, -0.25) is 4.72 Å². The van der Waals surface area contributed by atoms with E-state index in [-0.39, 0.29) is 16.4 Å². The van der Waals surface area contributed by atoms with Gasteiger partial charge in [0.2, 0.25) is 0 Å². The van der Waals surface area contributed by atoms with E-state index >= 15 is 0 Å². The summed E-state index contributed by atoms with van der Waals surface area (Å²) >= 11 is 8.85. The number of hydrogen-bond acceptors (Lipinski definition) is 5. The van der Waals surface area contributed by atoms with Gasteiger partial charge in [0, 0.05) is 0 Å². The van der Waals surface area contributed by atoms with Crippen LogP contribution in [0.3, 0.4) is 0 Å². The molecule has 0 radical (unpaired) electrons. The van der Waals surface area contributed by atoms with Crippen LogP contribution in [-0.4, -0.2) is 18.4 Å². The zero-order valence-electron chi connectivity index (χ0n) is 9.34. The number of nitrogens with two attached hydrogens (primary N) is 1. The van der Waals surface area contributed by atoms with Crippen molar-refractivity contribution >= 4 is 49.1 Å². The van der Waals surface area contributed by atoms with Gasteiger partial charge in [-0.25, -0.2) is 18.4 Å². The minimum atomic E-state index is -3.77. The summed E-state index contributed by atoms with van der Waals surface area (Å²) in [5, 5.41) is 0.294. The summed E-state index contributed by atoms with van der Waals surface area (Å²) in [4.78, 5) is 7.74. The highest BCUT2D eigenvalue weighted by atomic mass is 79.9. The molecule has 0 unspecified atom stereocenters. The number of nitrogens with one attached hydrogen (secondary N) is 1. The minimum absolute atomic E-state index is 0.000816. The van der Waals surface area contributed by atoms with Crippen LogP contribution in [0, 0.1) is 0 Å². The van der Waals surface area contributed by atoms with Gasteiger partial charge < -0.3 is 5.73 Å². The third kappa shape index (κ3) is 3.34. The molecule has 1 aromatic heterocycles. The van der Waals surface area contributed by atoms with Crippen LogP contribution < -0.4 is 10.5 Å². The van der Waals surface area contributed by atoms with E-state index < -0.39 is 10.0 Å². The number of sulfonamides is 1. The predicted octanol–water partition coefficient (Wildman–Crippen LogP) is 2.28. The number of halogens is 2. The molecule has 0 bridgehead atoms. The fourth-order valence-corrected chi connectivity index (χ4v) is 2.60. The number of aromatic nitrogens is 2. The Hall–Kier alpha value is -1.38. The van der Waals surface area contributed by atoms with Crippen LogP contribution >= 0.6 is 27.5 Å². The van der Waals surface area contributed by atoms with Crippen molar-refractivity contribution in [2.24, 2.45) is 0 Å². The quantitative estimate of drug-likeness (QED) is 0.815. The molecule has 100 valence electrons. The first-order chi connectivity index (χ1) is 8.88. The Bertz CT molecular complexity index is 706. The van der Waals surface area contributed by atoms with Crippen LogP contribution in [-0.2, 0) is 10.0 Å². The van der Waals surface area contributed by atoms with Gasteiger partial charge in [-0.15, -0.1) is 0 Å². The number of benzene rings is 1. The maximum atomic E-state index is 12.1. The van der Waals surface area contributed by atoms with E-state index in [1.165, 1.54) is 30.6 Å². The smallest absolute Gasteiger partial charge is 0.263 e. The lowest BCUT2D eigenvalue weighted by molar-refractivity contribution is 0.601. The SMILES string of the molecule is Nc1cc(S(=O)(=O)Nc2cnc(Br)cn2)ccc1Cl. The molecule has 2 rings (SSSR count). The first kappa shape index (κ1) is 14.0. The minimum Gasteiger partial charge on any atom is -0.397 e. The molecule has 0 fully saturated rings. The Morgan fingerprint density at radius 2 is 2.00 bits per heavy atom. The zero-order valence-corrected chi connectivity index (χ0v) is 12.5. The number of hydrogen-bond donors (Lipinski definition) is 2. The Kier molecular flexibility index (Phi) is 3.93. The van der Waals surface area contributed by atoms with Gasteiger partial charge in [0.25, 0.3) is 10.0 Å². The first-order valence-electron chi connectivity index (χ1n) is 4.94. The Morgan fingerprint density at radius 1 is 1.26 bits per heavy atom. The van der Waals surface area contributed by atoms with Gasteiger partial charge in [0.15, 0.2) is 5.82 Å². The van der Waals surface area contributed by atoms with Crippen molar-refractivity contribution in [1.29, 1.82) is 0 Å². The van der Waals surface area contributed by atoms with E-state index in [2.05, 4.69) is 30.6 Å². The van der Waals surface area contributed by atoms with Crippen LogP contribution in [0.1, 0.15) is 0 Å². The molecule has 0 atom stereocenters. The van der Waals surface area contributed by atoms with Crippen LogP contribution in [0.15, 0.2) is 40.1 Å². The average molecular weight is 364 g/mol. The molecule has 19 heavy (non-hydrogen) atoms. The normalized spacial score (nSPS) is 11.3. The second-order valence-electron chi connectivity index (χ2n) is 3.51. The lowest BCUT2D eigenvalue weighted by atomic mass is 10.3. The molecule has 0 aliphatic carbocycles. The van der Waals surface area contributed by atoms with Crippen molar-refractivity contribution in [3.05, 3.63) is 40.2 Å². The van der Waals surface area contributed by atoms with Gasteiger partial charge in [0.05, 0.1) is 28.0 Å². The maximum absolute atomic E-state index is 12.1. The van der Waals surface area contributed by atoms with Crippen molar-refractivity contribution in [2.75, 3.05) is 10.5 Å². The summed E-state index contributed by atoms with van der Waals surface area (Å²) in [6.45, 7) is 0. The molecule has 6 nitrogen and oxygen atoms in total. The lowest BCUT2D eigenvalue weighted by Gasteiger charge is -2.08. The van der Waals surface area contributed by atoms with E-state index in [0.717, 1.165) is 0 Å². The average Bonchev–Trinajstić information content (AvgIpc) is 2.35. The number of nitrogen functional groups attached to an aromatic ring is 1. The van der Waals surface area contributed by atoms with Crippen LogP contribution in [0.5, 0.6) is 0 Å². The van der Waals surface area contributed by atoms with Crippen molar-refractivity contribution in [2.45, 2.75) is 4.90 Å². The highest BCUT2D eigenvalue weighted by Crippen LogP contribution is 2.23. The number of rotatable bonds is 3. The van der Waals surface area contributed by atoms with Gasteiger partial charge in [-0.05, 0) is 34.1 Å². The van der Waals surface area contributed by atoms with Crippen LogP contribution in [0.25, 0.3) is 0 Å². The van der Waals surface area contributed by atoms with Gasteiger partial charge >= 0.3 is 0 Å². The largest absolute Gasteiger partial charge is 0.397 e. The molecule has 0 amide bonds. The molecule has 9 heteroatoms. The summed E-state index contributed by atoms with van der Waals surface area (Å²) in [6, 6.07) is 4.04. The molecule has 0 spiro atoms. The Labute approximate surface area is 123 Å². The van der Waals surface area contributed by atoms with E-state index in [9.17, 15) is 8.42 Å². The van der Waals surface area contributed by atoms with Gasteiger partial charge in [0.1, 0.15) is 4.60 Å². The van der Waals surface area contributed by atoms with E-state index in [4.69, 9.17) is 17.3 Å². The first-order valence-corrected chi connectivity index (χ1v) is 7.59. The number of nitrogens with zero attached hydrogens (tertiary/aromatic N) is 2. The highest BCUT2D eigenvalue weighted by Gasteiger charge is 2.16. The van der Waals surface area contributed by atoms with E-state index in [0.29, 0.717) is 9.63 Å². The van der Waals surface area contributed by atoms with Crippen LogP contribution in [0.4, 0.5) is 11.5 Å². The second kappa shape index (κ2) is 5.32. The van der Waals surface area contributed by atoms with Crippen molar-refractivity contribution in [3.8, 4) is 0 Å². The third-order valence-corrected chi connectivity index (χ3v) is 4.24. The molecule has 3 N–H and O–H groups in total. The number of anilines is 2. The second-order valence-corrected chi connectivity index (χ2v) is 6.42.